The van der Waals surface area contributed by atoms with Gasteiger partial charge in [-0.05, 0) is 30.4 Å². The van der Waals surface area contributed by atoms with Gasteiger partial charge in [-0.2, -0.15) is 0 Å². The minimum absolute atomic E-state index is 0.292. The maximum Gasteiger partial charge on any atom is 0.159 e. The molecular formula is C20H18Cl2N4S. The highest BCUT2D eigenvalue weighted by Gasteiger charge is 2.25. The van der Waals surface area contributed by atoms with Crippen LogP contribution in [-0.2, 0) is 12.4 Å². The molecule has 2 aromatic carbocycles. The van der Waals surface area contributed by atoms with Crippen LogP contribution in [0.2, 0.25) is 5.02 Å². The van der Waals surface area contributed by atoms with E-state index in [0.29, 0.717) is 17.4 Å². The second-order valence-corrected chi connectivity index (χ2v) is 7.96. The van der Waals surface area contributed by atoms with Gasteiger partial charge in [-0.15, -0.1) is 33.6 Å². The average Bonchev–Trinajstić information content (AvgIpc) is 3.03. The molecule has 0 unspecified atom stereocenters. The Morgan fingerprint density at radius 3 is 2.74 bits per heavy atom. The summed E-state index contributed by atoms with van der Waals surface area (Å²) in [6, 6.07) is 14.1. The predicted molar refractivity (Wildman–Crippen MR) is 113 cm³/mol. The van der Waals surface area contributed by atoms with E-state index in [1.807, 2.05) is 40.6 Å². The van der Waals surface area contributed by atoms with Crippen molar-refractivity contribution in [1.29, 1.82) is 0 Å². The van der Waals surface area contributed by atoms with Crippen LogP contribution in [0.15, 0.2) is 52.4 Å². The summed E-state index contributed by atoms with van der Waals surface area (Å²) in [5.74, 6) is 2.83. The number of nitrogens with zero attached hydrogens (tertiary/aromatic N) is 4. The Morgan fingerprint density at radius 1 is 1.11 bits per heavy atom. The number of benzene rings is 2. The quantitative estimate of drug-likeness (QED) is 0.406. The van der Waals surface area contributed by atoms with E-state index in [1.165, 1.54) is 4.90 Å². The van der Waals surface area contributed by atoms with E-state index in [1.54, 1.807) is 0 Å². The second-order valence-electron chi connectivity index (χ2n) is 6.14. The van der Waals surface area contributed by atoms with Gasteiger partial charge in [-0.25, -0.2) is 0 Å². The van der Waals surface area contributed by atoms with Crippen molar-refractivity contribution in [2.45, 2.75) is 30.7 Å². The molecule has 0 aliphatic carbocycles. The maximum absolute atomic E-state index is 6.53. The number of hydrogen-bond donors (Lipinski definition) is 0. The molecule has 0 saturated carbocycles. The van der Waals surface area contributed by atoms with Gasteiger partial charge in [0, 0.05) is 21.0 Å². The molecule has 7 heteroatoms. The van der Waals surface area contributed by atoms with Gasteiger partial charge >= 0.3 is 0 Å². The van der Waals surface area contributed by atoms with Gasteiger partial charge in [0.05, 0.1) is 17.3 Å². The molecule has 0 N–H and O–H groups in total. The third-order valence-corrected chi connectivity index (χ3v) is 6.20. The Hall–Kier alpha value is -1.82. The molecule has 1 aliphatic rings. The highest BCUT2D eigenvalue weighted by Crippen LogP contribution is 2.35. The highest BCUT2D eigenvalue weighted by molar-refractivity contribution is 7.99. The molecule has 3 aromatic rings. The van der Waals surface area contributed by atoms with Crippen LogP contribution in [0.1, 0.15) is 36.1 Å². The maximum atomic E-state index is 6.53. The lowest BCUT2D eigenvalue weighted by molar-refractivity contribution is 0.857. The van der Waals surface area contributed by atoms with Crippen LogP contribution in [0.5, 0.6) is 0 Å². The van der Waals surface area contributed by atoms with Gasteiger partial charge in [0.1, 0.15) is 6.54 Å². The van der Waals surface area contributed by atoms with Gasteiger partial charge in [-0.1, -0.05) is 42.8 Å². The number of aromatic nitrogens is 3. The first-order valence-electron chi connectivity index (χ1n) is 8.79. The molecule has 138 valence electrons. The number of thioether (sulfide) groups is 1. The molecular weight excluding hydrogens is 399 g/mol. The summed E-state index contributed by atoms with van der Waals surface area (Å²) >= 11 is 14.5. The number of halogens is 2. The fraction of sp³-hybridized carbons (Fsp3) is 0.250. The van der Waals surface area contributed by atoms with Gasteiger partial charge in [0.25, 0.3) is 0 Å². The largest absolute Gasteiger partial charge is 0.280 e. The van der Waals surface area contributed by atoms with Crippen molar-refractivity contribution < 1.29 is 0 Å². The minimum atomic E-state index is 0.292. The zero-order valence-electron chi connectivity index (χ0n) is 14.8. The third-order valence-electron chi connectivity index (χ3n) is 4.37. The molecule has 0 atom stereocenters. The molecule has 0 fully saturated rings. The van der Waals surface area contributed by atoms with Crippen molar-refractivity contribution in [3.63, 3.8) is 0 Å². The molecule has 0 saturated heterocycles. The fourth-order valence-electron chi connectivity index (χ4n) is 3.20. The molecule has 1 aliphatic heterocycles. The van der Waals surface area contributed by atoms with E-state index in [2.05, 4.69) is 35.3 Å². The summed E-state index contributed by atoms with van der Waals surface area (Å²) in [6.07, 6.45) is 1.09. The molecule has 0 spiro atoms. The van der Waals surface area contributed by atoms with E-state index in [-0.39, 0.29) is 0 Å². The topological polar surface area (TPSA) is 43.1 Å². The summed E-state index contributed by atoms with van der Waals surface area (Å²) in [5.41, 5.74) is 3.88. The Morgan fingerprint density at radius 2 is 1.96 bits per heavy atom. The van der Waals surface area contributed by atoms with Crippen molar-refractivity contribution in [1.82, 2.24) is 14.8 Å². The summed E-state index contributed by atoms with van der Waals surface area (Å²) in [4.78, 5) is 6.08. The molecule has 0 radical (unpaired) electrons. The highest BCUT2D eigenvalue weighted by atomic mass is 35.5. The van der Waals surface area contributed by atoms with E-state index < -0.39 is 0 Å². The number of rotatable bonds is 5. The van der Waals surface area contributed by atoms with Crippen LogP contribution in [-0.4, -0.2) is 26.2 Å². The standard InChI is InChI=1S/C20H18Cl2N4S/c1-2-10-27-16-9-5-8-15-19(16)20(13-6-3-4-7-14(13)22)23-12-18-25-24-17(11-21)26(15)18/h3-9H,2,10-12H2,1H3. The van der Waals surface area contributed by atoms with Crippen LogP contribution < -0.4 is 0 Å². The smallest absolute Gasteiger partial charge is 0.159 e. The minimum Gasteiger partial charge on any atom is -0.280 e. The summed E-state index contributed by atoms with van der Waals surface area (Å²) in [6.45, 7) is 2.61. The fourth-order valence-corrected chi connectivity index (χ4v) is 4.54. The molecule has 1 aromatic heterocycles. The normalized spacial score (nSPS) is 12.9. The summed E-state index contributed by atoms with van der Waals surface area (Å²) < 4.78 is 2.03. The van der Waals surface area contributed by atoms with Crippen LogP contribution in [0.25, 0.3) is 5.69 Å². The predicted octanol–water partition coefficient (Wildman–Crippen LogP) is 5.51. The zero-order valence-corrected chi connectivity index (χ0v) is 17.2. The first kappa shape index (κ1) is 18.5. The number of fused-ring (bicyclic) bond motifs is 3. The Bertz CT molecular complexity index is 1010. The van der Waals surface area contributed by atoms with E-state index in [4.69, 9.17) is 28.2 Å². The van der Waals surface area contributed by atoms with Crippen LogP contribution in [0.4, 0.5) is 0 Å². The monoisotopic (exact) mass is 416 g/mol. The van der Waals surface area contributed by atoms with E-state index >= 15 is 0 Å². The molecule has 4 rings (SSSR count). The third kappa shape index (κ3) is 3.40. The second kappa shape index (κ2) is 8.05. The molecule has 2 heterocycles. The molecule has 4 nitrogen and oxygen atoms in total. The van der Waals surface area contributed by atoms with Gasteiger partial charge in [0.2, 0.25) is 0 Å². The SMILES string of the molecule is CCCSc1cccc2c1C(c1ccccc1Cl)=NCc1nnc(CCl)n1-2. The zero-order chi connectivity index (χ0) is 18.8. The van der Waals surface area contributed by atoms with Crippen molar-refractivity contribution in [3.05, 3.63) is 70.3 Å². The summed E-state index contributed by atoms with van der Waals surface area (Å²) in [5, 5.41) is 9.24. The average molecular weight is 417 g/mol. The Kier molecular flexibility index (Phi) is 5.53. The van der Waals surface area contributed by atoms with E-state index in [9.17, 15) is 0 Å². The van der Waals surface area contributed by atoms with E-state index in [0.717, 1.165) is 46.3 Å². The Balaban J connectivity index is 2.00. The van der Waals surface area contributed by atoms with Gasteiger partial charge in [0.15, 0.2) is 11.6 Å². The van der Waals surface area contributed by atoms with Crippen molar-refractivity contribution in [3.8, 4) is 5.69 Å². The molecule has 0 amide bonds. The van der Waals surface area contributed by atoms with Crippen LogP contribution in [0.3, 0.4) is 0 Å². The van der Waals surface area contributed by atoms with Crippen molar-refractivity contribution in [2.24, 2.45) is 4.99 Å². The number of hydrogen-bond acceptors (Lipinski definition) is 4. The lowest BCUT2D eigenvalue weighted by Crippen LogP contribution is -2.11. The van der Waals surface area contributed by atoms with Crippen LogP contribution >= 0.6 is 35.0 Å². The summed E-state index contributed by atoms with van der Waals surface area (Å²) in [7, 11) is 0. The lowest BCUT2D eigenvalue weighted by Gasteiger charge is -2.17. The van der Waals surface area contributed by atoms with Crippen molar-refractivity contribution in [2.75, 3.05) is 5.75 Å². The van der Waals surface area contributed by atoms with Gasteiger partial charge in [-0.3, -0.25) is 9.56 Å². The molecule has 27 heavy (non-hydrogen) atoms. The first-order chi connectivity index (χ1) is 13.2. The molecule has 0 bridgehead atoms. The van der Waals surface area contributed by atoms with Gasteiger partial charge < -0.3 is 0 Å². The number of aliphatic imine (C=N–C) groups is 1. The first-order valence-corrected chi connectivity index (χ1v) is 10.7. The van der Waals surface area contributed by atoms with Crippen LogP contribution in [0, 0.1) is 0 Å². The Labute approximate surface area is 172 Å². The lowest BCUT2D eigenvalue weighted by atomic mass is 10.00. The van der Waals surface area contributed by atoms with Crippen molar-refractivity contribution >= 4 is 40.7 Å². The number of alkyl halides is 1.